The van der Waals surface area contributed by atoms with Crippen molar-refractivity contribution in [1.82, 2.24) is 15.1 Å². The zero-order valence-corrected chi connectivity index (χ0v) is 14.3. The molecule has 2 rings (SSSR count). The van der Waals surface area contributed by atoms with Gasteiger partial charge in [0.25, 0.3) is 0 Å². The van der Waals surface area contributed by atoms with Crippen LogP contribution in [0, 0.1) is 0 Å². The fourth-order valence-electron chi connectivity index (χ4n) is 3.04. The van der Waals surface area contributed by atoms with Crippen molar-refractivity contribution < 1.29 is 4.79 Å². The monoisotopic (exact) mass is 309 g/mol. The Morgan fingerprint density at radius 2 is 2.10 bits per heavy atom. The van der Waals surface area contributed by atoms with Gasteiger partial charge in [-0.3, -0.25) is 10.1 Å². The molecule has 0 bridgehead atoms. The molecule has 2 heterocycles. The van der Waals surface area contributed by atoms with Gasteiger partial charge in [0, 0.05) is 12.6 Å². The maximum absolute atomic E-state index is 12.7. The summed E-state index contributed by atoms with van der Waals surface area (Å²) in [6.07, 6.45) is 0.868. The van der Waals surface area contributed by atoms with Gasteiger partial charge in [-0.2, -0.15) is 11.3 Å². The van der Waals surface area contributed by atoms with Gasteiger partial charge in [-0.1, -0.05) is 20.8 Å². The molecule has 0 saturated carbocycles. The van der Waals surface area contributed by atoms with Gasteiger partial charge in [-0.25, -0.2) is 0 Å². The van der Waals surface area contributed by atoms with Crippen LogP contribution in [0.15, 0.2) is 16.8 Å². The molecule has 0 spiro atoms. The Kier molecular flexibility index (Phi) is 5.79. The molecule has 1 N–H and O–H groups in total. The fraction of sp³-hybridized carbons (Fsp3) is 0.688. The second-order valence-corrected chi connectivity index (χ2v) is 6.45. The van der Waals surface area contributed by atoms with Crippen LogP contribution in [0.1, 0.15) is 45.8 Å². The van der Waals surface area contributed by atoms with Crippen LogP contribution in [0.2, 0.25) is 0 Å². The van der Waals surface area contributed by atoms with Gasteiger partial charge in [0.1, 0.15) is 6.17 Å². The summed E-state index contributed by atoms with van der Waals surface area (Å²) in [5, 5.41) is 7.71. The number of thiophene rings is 1. The Morgan fingerprint density at radius 3 is 2.62 bits per heavy atom. The van der Waals surface area contributed by atoms with Gasteiger partial charge in [0.15, 0.2) is 0 Å². The third-order valence-corrected chi connectivity index (χ3v) is 5.05. The summed E-state index contributed by atoms with van der Waals surface area (Å²) in [6, 6.07) is 2.28. The lowest BCUT2D eigenvalue weighted by atomic mass is 10.2. The molecule has 1 aliphatic rings. The average molecular weight is 309 g/mol. The third-order valence-electron chi connectivity index (χ3n) is 4.35. The molecule has 1 aliphatic heterocycles. The van der Waals surface area contributed by atoms with Gasteiger partial charge < -0.3 is 9.80 Å². The van der Waals surface area contributed by atoms with Crippen molar-refractivity contribution in [3.63, 3.8) is 0 Å². The SMILES string of the molecule is CCC1NC(c2ccsc2)N(C(C)CN(CC)CC)C1=O. The Bertz CT molecular complexity index is 444. The maximum Gasteiger partial charge on any atom is 0.241 e. The fourth-order valence-corrected chi connectivity index (χ4v) is 3.72. The largest absolute Gasteiger partial charge is 0.318 e. The Balaban J connectivity index is 2.17. The zero-order valence-electron chi connectivity index (χ0n) is 13.5. The first-order chi connectivity index (χ1) is 10.1. The van der Waals surface area contributed by atoms with Crippen molar-refractivity contribution in [3.8, 4) is 0 Å². The molecule has 0 aliphatic carbocycles. The molecule has 1 saturated heterocycles. The van der Waals surface area contributed by atoms with E-state index >= 15 is 0 Å². The lowest BCUT2D eigenvalue weighted by Gasteiger charge is -2.33. The predicted octanol–water partition coefficient (Wildman–Crippen LogP) is 2.69. The summed E-state index contributed by atoms with van der Waals surface area (Å²) in [5.74, 6) is 0.244. The number of nitrogens with zero attached hydrogens (tertiary/aromatic N) is 2. The first kappa shape index (κ1) is 16.5. The summed E-state index contributed by atoms with van der Waals surface area (Å²) in [5.41, 5.74) is 1.20. The van der Waals surface area contributed by atoms with E-state index in [-0.39, 0.29) is 24.2 Å². The van der Waals surface area contributed by atoms with E-state index < -0.39 is 0 Å². The van der Waals surface area contributed by atoms with Crippen LogP contribution in [-0.2, 0) is 4.79 Å². The number of hydrogen-bond donors (Lipinski definition) is 1. The molecule has 4 nitrogen and oxygen atoms in total. The van der Waals surface area contributed by atoms with E-state index in [0.29, 0.717) is 0 Å². The second-order valence-electron chi connectivity index (χ2n) is 5.67. The van der Waals surface area contributed by atoms with Gasteiger partial charge >= 0.3 is 0 Å². The van der Waals surface area contributed by atoms with E-state index in [2.05, 4.69) is 59.6 Å². The summed E-state index contributed by atoms with van der Waals surface area (Å²) < 4.78 is 0. The quantitative estimate of drug-likeness (QED) is 0.841. The zero-order chi connectivity index (χ0) is 15.4. The van der Waals surface area contributed by atoms with Crippen LogP contribution < -0.4 is 5.32 Å². The molecule has 3 atom stereocenters. The molecule has 1 aromatic rings. The van der Waals surface area contributed by atoms with E-state index in [4.69, 9.17) is 0 Å². The molecular weight excluding hydrogens is 282 g/mol. The third kappa shape index (κ3) is 3.47. The number of likely N-dealkylation sites (N-methyl/N-ethyl adjacent to an activating group) is 1. The van der Waals surface area contributed by atoms with Crippen molar-refractivity contribution in [2.75, 3.05) is 19.6 Å². The predicted molar refractivity (Wildman–Crippen MR) is 88.4 cm³/mol. The van der Waals surface area contributed by atoms with Gasteiger partial charge in [-0.05, 0) is 48.8 Å². The molecule has 21 heavy (non-hydrogen) atoms. The molecule has 3 unspecified atom stereocenters. The van der Waals surface area contributed by atoms with Crippen molar-refractivity contribution >= 4 is 17.2 Å². The molecule has 1 fully saturated rings. The van der Waals surface area contributed by atoms with E-state index in [1.165, 1.54) is 5.56 Å². The van der Waals surface area contributed by atoms with Crippen LogP contribution in [0.25, 0.3) is 0 Å². The molecular formula is C16H27N3OS. The maximum atomic E-state index is 12.7. The number of rotatable bonds is 7. The minimum atomic E-state index is -0.0472. The summed E-state index contributed by atoms with van der Waals surface area (Å²) in [6.45, 7) is 11.6. The van der Waals surface area contributed by atoms with Crippen molar-refractivity contribution in [3.05, 3.63) is 22.4 Å². The van der Waals surface area contributed by atoms with Crippen molar-refractivity contribution in [1.29, 1.82) is 0 Å². The highest BCUT2D eigenvalue weighted by atomic mass is 32.1. The molecule has 1 amide bonds. The highest BCUT2D eigenvalue weighted by Gasteiger charge is 2.41. The standard InChI is InChI=1S/C16H27N3OS/c1-5-14-16(20)19(12(4)10-18(6-2)7-3)15(17-14)13-8-9-21-11-13/h8-9,11-12,14-15,17H,5-7,10H2,1-4H3. The lowest BCUT2D eigenvalue weighted by molar-refractivity contribution is -0.132. The minimum absolute atomic E-state index is 0.0271. The average Bonchev–Trinajstić information content (AvgIpc) is 3.11. The highest BCUT2D eigenvalue weighted by Crippen LogP contribution is 2.30. The van der Waals surface area contributed by atoms with Crippen LogP contribution >= 0.6 is 11.3 Å². The van der Waals surface area contributed by atoms with E-state index in [9.17, 15) is 4.79 Å². The molecule has 5 heteroatoms. The van der Waals surface area contributed by atoms with Crippen LogP contribution in [0.4, 0.5) is 0 Å². The summed E-state index contributed by atoms with van der Waals surface area (Å²) in [4.78, 5) is 17.1. The van der Waals surface area contributed by atoms with Crippen molar-refractivity contribution in [2.45, 2.75) is 52.4 Å². The molecule has 0 aromatic carbocycles. The number of amides is 1. The van der Waals surface area contributed by atoms with E-state index in [1.807, 2.05) is 0 Å². The van der Waals surface area contributed by atoms with E-state index in [0.717, 1.165) is 26.1 Å². The van der Waals surface area contributed by atoms with E-state index in [1.54, 1.807) is 11.3 Å². The van der Waals surface area contributed by atoms with Crippen LogP contribution in [0.5, 0.6) is 0 Å². The number of hydrogen-bond acceptors (Lipinski definition) is 4. The number of carbonyl (C=O) groups excluding carboxylic acids is 1. The highest BCUT2D eigenvalue weighted by molar-refractivity contribution is 7.07. The van der Waals surface area contributed by atoms with Crippen LogP contribution in [-0.4, -0.2) is 47.4 Å². The normalized spacial score (nSPS) is 24.0. The first-order valence-electron chi connectivity index (χ1n) is 7.94. The number of carbonyl (C=O) groups is 1. The topological polar surface area (TPSA) is 35.6 Å². The van der Waals surface area contributed by atoms with Gasteiger partial charge in [0.05, 0.1) is 6.04 Å². The Hall–Kier alpha value is -0.910. The summed E-state index contributed by atoms with van der Waals surface area (Å²) >= 11 is 1.68. The summed E-state index contributed by atoms with van der Waals surface area (Å²) in [7, 11) is 0. The first-order valence-corrected chi connectivity index (χ1v) is 8.89. The molecule has 118 valence electrons. The Labute approximate surface area is 132 Å². The lowest BCUT2D eigenvalue weighted by Crippen LogP contribution is -2.45. The molecule has 1 aromatic heterocycles. The van der Waals surface area contributed by atoms with Crippen LogP contribution in [0.3, 0.4) is 0 Å². The Morgan fingerprint density at radius 1 is 1.38 bits per heavy atom. The molecule has 0 radical (unpaired) electrons. The van der Waals surface area contributed by atoms with Gasteiger partial charge in [0.2, 0.25) is 5.91 Å². The van der Waals surface area contributed by atoms with Gasteiger partial charge in [-0.15, -0.1) is 0 Å². The minimum Gasteiger partial charge on any atom is -0.318 e. The number of nitrogens with one attached hydrogen (secondary N) is 1. The van der Waals surface area contributed by atoms with Crippen molar-refractivity contribution in [2.24, 2.45) is 0 Å². The smallest absolute Gasteiger partial charge is 0.241 e. The second kappa shape index (κ2) is 7.38.